The summed E-state index contributed by atoms with van der Waals surface area (Å²) in [4.78, 5) is 71.5. The van der Waals surface area contributed by atoms with Crippen LogP contribution >= 0.6 is 0 Å². The minimum Gasteiger partial charge on any atom is -0.453 e. The summed E-state index contributed by atoms with van der Waals surface area (Å²) < 4.78 is 10.2. The summed E-state index contributed by atoms with van der Waals surface area (Å²) in [5, 5.41) is 5.48. The number of carbonyl (C=O) groups excluding carboxylic acids is 4. The van der Waals surface area contributed by atoms with Gasteiger partial charge in [-0.3, -0.25) is 9.59 Å². The molecule has 2 aromatic heterocycles. The van der Waals surface area contributed by atoms with Gasteiger partial charge in [-0.2, -0.15) is 0 Å². The molecule has 0 aliphatic carbocycles. The van der Waals surface area contributed by atoms with Crippen LogP contribution in [-0.4, -0.2) is 91.1 Å². The molecule has 5 unspecified atom stereocenters. The average Bonchev–Trinajstić information content (AvgIpc) is 4.00. The number of rotatable bonds is 9. The van der Waals surface area contributed by atoms with E-state index in [-0.39, 0.29) is 35.9 Å². The topological polar surface area (TPSA) is 175 Å². The Hall–Kier alpha value is -5.66. The van der Waals surface area contributed by atoms with E-state index in [9.17, 15) is 19.2 Å². The van der Waals surface area contributed by atoms with Crippen molar-refractivity contribution in [2.45, 2.75) is 109 Å². The molecule has 3 fully saturated rings. The normalized spacial score (nSPS) is 21.5. The SMILES string of the molecule is COC(=O)NC(C(=O)N1CCCC1c1ncc(-c2ccc(-c3ccc(-c4cnc(C5CCC6CCC(NC(=O)OC(C)(C)C)C(=O)N65)[nH]4)cc3)cc2)[nH]1)C(C)C. The highest BCUT2D eigenvalue weighted by atomic mass is 16.6. The van der Waals surface area contributed by atoms with Crippen LogP contribution in [0, 0.1) is 5.92 Å². The number of nitrogens with zero attached hydrogens (tertiary/aromatic N) is 4. The van der Waals surface area contributed by atoms with Crippen LogP contribution < -0.4 is 10.6 Å². The van der Waals surface area contributed by atoms with Crippen molar-refractivity contribution in [3.8, 4) is 33.6 Å². The van der Waals surface area contributed by atoms with Gasteiger partial charge in [0, 0.05) is 12.6 Å². The Labute approximate surface area is 327 Å². The van der Waals surface area contributed by atoms with E-state index in [2.05, 4.69) is 74.1 Å². The van der Waals surface area contributed by atoms with Crippen LogP contribution in [0.25, 0.3) is 33.6 Å². The van der Waals surface area contributed by atoms with Crippen LogP contribution in [0.15, 0.2) is 60.9 Å². The molecule has 5 heterocycles. The van der Waals surface area contributed by atoms with Gasteiger partial charge >= 0.3 is 12.2 Å². The maximum Gasteiger partial charge on any atom is 0.408 e. The summed E-state index contributed by atoms with van der Waals surface area (Å²) in [6, 6.07) is 15.0. The zero-order valence-electron chi connectivity index (χ0n) is 32.9. The van der Waals surface area contributed by atoms with Crippen molar-refractivity contribution < 1.29 is 28.7 Å². The minimum absolute atomic E-state index is 0.0884. The molecule has 4 amide bonds. The standard InChI is InChI=1S/C42H52N8O6/c1-24(2)35(48-40(53)55-6)39(52)49-21-7-8-33(49)36-43-22-31(45-36)27-13-9-25(10-14-27)26-11-15-28(16-12-26)32-23-44-37(46-32)34-20-18-29-17-19-30(38(51)50(29)34)47-41(54)56-42(3,4)5/h9-16,22-24,29-30,33-35H,7-8,17-21H2,1-6H3,(H,43,45)(H,44,46)(H,47,54)(H,48,53). The van der Waals surface area contributed by atoms with Crippen LogP contribution in [0.2, 0.25) is 0 Å². The Morgan fingerprint density at radius 3 is 1.89 bits per heavy atom. The van der Waals surface area contributed by atoms with Gasteiger partial charge in [-0.25, -0.2) is 19.6 Å². The maximum absolute atomic E-state index is 13.6. The number of nitrogens with one attached hydrogen (secondary N) is 4. The average molecular weight is 765 g/mol. The van der Waals surface area contributed by atoms with Crippen molar-refractivity contribution >= 4 is 24.0 Å². The Morgan fingerprint density at radius 1 is 0.786 bits per heavy atom. The lowest BCUT2D eigenvalue weighted by molar-refractivity contribution is -0.140. The Balaban J connectivity index is 0.988. The third kappa shape index (κ3) is 8.14. The van der Waals surface area contributed by atoms with Crippen LogP contribution in [0.3, 0.4) is 0 Å². The molecule has 56 heavy (non-hydrogen) atoms. The molecule has 4 N–H and O–H groups in total. The number of hydrogen-bond acceptors (Lipinski definition) is 8. The fraction of sp³-hybridized carbons (Fsp3) is 0.476. The minimum atomic E-state index is -0.687. The number of aromatic amines is 2. The molecule has 4 aromatic rings. The van der Waals surface area contributed by atoms with Crippen molar-refractivity contribution in [3.05, 3.63) is 72.6 Å². The Morgan fingerprint density at radius 2 is 1.34 bits per heavy atom. The monoisotopic (exact) mass is 764 g/mol. The number of benzene rings is 2. The smallest absolute Gasteiger partial charge is 0.408 e. The highest BCUT2D eigenvalue weighted by Gasteiger charge is 2.45. The number of methoxy groups -OCH3 is 1. The molecule has 0 bridgehead atoms. The van der Waals surface area contributed by atoms with Crippen molar-refractivity contribution in [1.82, 2.24) is 40.4 Å². The van der Waals surface area contributed by atoms with E-state index in [1.54, 1.807) is 27.0 Å². The zero-order valence-corrected chi connectivity index (χ0v) is 32.9. The van der Waals surface area contributed by atoms with E-state index in [0.717, 1.165) is 77.4 Å². The second kappa shape index (κ2) is 15.8. The van der Waals surface area contributed by atoms with Crippen molar-refractivity contribution in [1.29, 1.82) is 0 Å². The Kier molecular flexibility index (Phi) is 10.9. The second-order valence-electron chi connectivity index (χ2n) is 16.3. The largest absolute Gasteiger partial charge is 0.453 e. The fourth-order valence-corrected chi connectivity index (χ4v) is 8.20. The summed E-state index contributed by atoms with van der Waals surface area (Å²) in [6.45, 7) is 9.80. The molecule has 14 heteroatoms. The molecule has 296 valence electrons. The molecule has 7 rings (SSSR count). The number of alkyl carbamates (subject to hydrolysis) is 2. The molecule has 0 spiro atoms. The summed E-state index contributed by atoms with van der Waals surface area (Å²) >= 11 is 0. The molecular formula is C42H52N8O6. The van der Waals surface area contributed by atoms with Crippen molar-refractivity contribution in [3.63, 3.8) is 0 Å². The molecule has 3 aliphatic heterocycles. The van der Waals surface area contributed by atoms with E-state index in [1.165, 1.54) is 7.11 Å². The number of piperidine rings is 1. The number of likely N-dealkylation sites (tertiary alicyclic amines) is 1. The predicted octanol–water partition coefficient (Wildman–Crippen LogP) is 6.90. The number of imidazole rings is 2. The molecule has 0 radical (unpaired) electrons. The number of fused-ring (bicyclic) bond motifs is 1. The van der Waals surface area contributed by atoms with Crippen LogP contribution in [0.1, 0.15) is 96.9 Å². The fourth-order valence-electron chi connectivity index (χ4n) is 8.20. The quantitative estimate of drug-likeness (QED) is 0.142. The van der Waals surface area contributed by atoms with Crippen LogP contribution in [0.5, 0.6) is 0 Å². The highest BCUT2D eigenvalue weighted by molar-refractivity contribution is 5.88. The van der Waals surface area contributed by atoms with Crippen LogP contribution in [0.4, 0.5) is 9.59 Å². The third-order valence-electron chi connectivity index (χ3n) is 11.0. The maximum atomic E-state index is 13.6. The van der Waals surface area contributed by atoms with E-state index in [4.69, 9.17) is 14.5 Å². The van der Waals surface area contributed by atoms with E-state index in [1.807, 2.05) is 29.8 Å². The molecule has 5 atom stereocenters. The highest BCUT2D eigenvalue weighted by Crippen LogP contribution is 2.41. The van der Waals surface area contributed by atoms with Gasteiger partial charge in [-0.15, -0.1) is 0 Å². The van der Waals surface area contributed by atoms with Crippen LogP contribution in [-0.2, 0) is 19.1 Å². The van der Waals surface area contributed by atoms with Gasteiger partial charge in [-0.05, 0) is 87.5 Å². The Bertz CT molecular complexity index is 2050. The van der Waals surface area contributed by atoms with Gasteiger partial charge in [0.05, 0.1) is 43.0 Å². The van der Waals surface area contributed by atoms with Gasteiger partial charge in [0.2, 0.25) is 11.8 Å². The first kappa shape index (κ1) is 38.6. The first-order valence-electron chi connectivity index (χ1n) is 19.6. The lowest BCUT2D eigenvalue weighted by atomic mass is 9.98. The second-order valence-corrected chi connectivity index (χ2v) is 16.3. The predicted molar refractivity (Wildman–Crippen MR) is 210 cm³/mol. The van der Waals surface area contributed by atoms with Gasteiger partial charge in [0.15, 0.2) is 0 Å². The number of amides is 4. The lowest BCUT2D eigenvalue weighted by Crippen LogP contribution is -2.55. The van der Waals surface area contributed by atoms with E-state index in [0.29, 0.717) is 13.0 Å². The summed E-state index contributed by atoms with van der Waals surface area (Å²) in [6.07, 6.45) is 7.18. The number of H-pyrrole nitrogens is 2. The number of aromatic nitrogens is 4. The summed E-state index contributed by atoms with van der Waals surface area (Å²) in [7, 11) is 1.29. The lowest BCUT2D eigenvalue weighted by Gasteiger charge is -2.37. The number of ether oxygens (including phenoxy) is 2. The van der Waals surface area contributed by atoms with Gasteiger partial charge in [0.1, 0.15) is 29.3 Å². The molecule has 0 saturated carbocycles. The van der Waals surface area contributed by atoms with Crippen molar-refractivity contribution in [2.24, 2.45) is 5.92 Å². The van der Waals surface area contributed by atoms with Gasteiger partial charge in [-0.1, -0.05) is 62.4 Å². The first-order valence-corrected chi connectivity index (χ1v) is 19.6. The van der Waals surface area contributed by atoms with Gasteiger partial charge in [0.25, 0.3) is 0 Å². The third-order valence-corrected chi connectivity index (χ3v) is 11.0. The number of hydrogen-bond donors (Lipinski definition) is 4. The molecular weight excluding hydrogens is 713 g/mol. The molecule has 3 aliphatic rings. The molecule has 2 aromatic carbocycles. The summed E-state index contributed by atoms with van der Waals surface area (Å²) in [5.74, 6) is 1.14. The zero-order chi connectivity index (χ0) is 39.7. The van der Waals surface area contributed by atoms with Crippen molar-refractivity contribution in [2.75, 3.05) is 13.7 Å². The van der Waals surface area contributed by atoms with E-state index < -0.39 is 29.9 Å². The first-order chi connectivity index (χ1) is 26.8. The summed E-state index contributed by atoms with van der Waals surface area (Å²) in [5.41, 5.74) is 5.17. The van der Waals surface area contributed by atoms with Gasteiger partial charge < -0.3 is 39.9 Å². The number of carbonyl (C=O) groups is 4. The van der Waals surface area contributed by atoms with E-state index >= 15 is 0 Å². The molecule has 3 saturated heterocycles. The molecule has 14 nitrogen and oxygen atoms in total.